The molecule has 0 heterocycles. The molecule has 1 rings (SSSR count). The minimum absolute atomic E-state index is 0.300. The Hall–Kier alpha value is -0.120. The van der Waals surface area contributed by atoms with E-state index >= 15 is 0 Å². The number of aliphatic hydroxyl groups is 3. The van der Waals surface area contributed by atoms with Crippen molar-refractivity contribution < 1.29 is 15.3 Å². The van der Waals surface area contributed by atoms with Crippen LogP contribution < -0.4 is 0 Å². The van der Waals surface area contributed by atoms with Crippen molar-refractivity contribution in [3.63, 3.8) is 0 Å². The predicted octanol–water partition coefficient (Wildman–Crippen LogP) is 2.72. The molecule has 0 aromatic rings. The third-order valence-corrected chi connectivity index (χ3v) is 3.81. The molecule has 3 nitrogen and oxygen atoms in total. The van der Waals surface area contributed by atoms with Crippen molar-refractivity contribution in [2.75, 3.05) is 0 Å². The molecule has 0 spiro atoms. The first kappa shape index (κ1) is 14.9. The van der Waals surface area contributed by atoms with Crippen molar-refractivity contribution in [2.24, 2.45) is 0 Å². The topological polar surface area (TPSA) is 60.7 Å². The fourth-order valence-electron chi connectivity index (χ4n) is 2.53. The van der Waals surface area contributed by atoms with Crippen LogP contribution in [0.25, 0.3) is 0 Å². The van der Waals surface area contributed by atoms with Gasteiger partial charge in [-0.25, -0.2) is 0 Å². The van der Waals surface area contributed by atoms with Crippen molar-refractivity contribution >= 4 is 0 Å². The number of hydrogen-bond acceptors (Lipinski definition) is 3. The first-order valence-corrected chi connectivity index (χ1v) is 7.26. The molecular formula is C14H28O3. The van der Waals surface area contributed by atoms with Crippen LogP contribution >= 0.6 is 0 Å². The summed E-state index contributed by atoms with van der Waals surface area (Å²) < 4.78 is 0. The van der Waals surface area contributed by atoms with Crippen LogP contribution in [0.4, 0.5) is 0 Å². The molecule has 0 saturated heterocycles. The van der Waals surface area contributed by atoms with E-state index in [0.717, 1.165) is 25.7 Å². The largest absolute Gasteiger partial charge is 0.388 e. The molecule has 1 aliphatic carbocycles. The molecule has 0 amide bonds. The van der Waals surface area contributed by atoms with E-state index in [-0.39, 0.29) is 0 Å². The van der Waals surface area contributed by atoms with E-state index in [1.807, 2.05) is 0 Å². The minimum atomic E-state index is -1.87. The van der Waals surface area contributed by atoms with Crippen LogP contribution in [-0.4, -0.2) is 27.2 Å². The Labute approximate surface area is 105 Å². The first-order valence-electron chi connectivity index (χ1n) is 7.26. The van der Waals surface area contributed by atoms with Gasteiger partial charge in [0.05, 0.1) is 0 Å². The molecule has 3 heteroatoms. The molecule has 1 aliphatic rings. The van der Waals surface area contributed by atoms with Gasteiger partial charge in [-0.05, 0) is 12.8 Å². The second-order valence-electron chi connectivity index (χ2n) is 5.47. The molecule has 1 fully saturated rings. The van der Waals surface area contributed by atoms with Gasteiger partial charge in [-0.2, -0.15) is 0 Å². The second-order valence-corrected chi connectivity index (χ2v) is 5.47. The Balaban J connectivity index is 2.34. The maximum absolute atomic E-state index is 9.76. The van der Waals surface area contributed by atoms with Gasteiger partial charge in [-0.15, -0.1) is 0 Å². The molecule has 1 unspecified atom stereocenters. The summed E-state index contributed by atoms with van der Waals surface area (Å²) in [6.07, 6.45) is 11.2. The number of hydrogen-bond donors (Lipinski definition) is 3. The van der Waals surface area contributed by atoms with Crippen molar-refractivity contribution in [1.29, 1.82) is 0 Å². The zero-order chi connectivity index (χ0) is 12.6. The third kappa shape index (κ3) is 6.39. The van der Waals surface area contributed by atoms with Crippen LogP contribution in [0, 0.1) is 0 Å². The fourth-order valence-corrected chi connectivity index (χ4v) is 2.53. The Bertz CT molecular complexity index is 192. The lowest BCUT2D eigenvalue weighted by molar-refractivity contribution is -0.230. The summed E-state index contributed by atoms with van der Waals surface area (Å²) in [6.45, 7) is 0. The van der Waals surface area contributed by atoms with Gasteiger partial charge in [-0.1, -0.05) is 57.8 Å². The Morgan fingerprint density at radius 2 is 1.06 bits per heavy atom. The standard InChI is InChI=1S/C14H28O3/c15-13-11-9-7-5-3-1-2-4-6-8-10-12-14(13,16)17/h13,15-17H,1-12H2. The highest BCUT2D eigenvalue weighted by atomic mass is 16.5. The van der Waals surface area contributed by atoms with Crippen LogP contribution in [0.3, 0.4) is 0 Å². The fraction of sp³-hybridized carbons (Fsp3) is 1.00. The third-order valence-electron chi connectivity index (χ3n) is 3.81. The van der Waals surface area contributed by atoms with Gasteiger partial charge in [0, 0.05) is 6.42 Å². The number of rotatable bonds is 0. The van der Waals surface area contributed by atoms with Crippen LogP contribution in [0.5, 0.6) is 0 Å². The first-order chi connectivity index (χ1) is 8.13. The molecule has 3 N–H and O–H groups in total. The maximum atomic E-state index is 9.76. The van der Waals surface area contributed by atoms with E-state index in [2.05, 4.69) is 0 Å². The van der Waals surface area contributed by atoms with Crippen molar-refractivity contribution in [1.82, 2.24) is 0 Å². The summed E-state index contributed by atoms with van der Waals surface area (Å²) in [5.74, 6) is -1.87. The summed E-state index contributed by atoms with van der Waals surface area (Å²) >= 11 is 0. The normalized spacial score (nSPS) is 29.5. The average Bonchev–Trinajstić information content (AvgIpc) is 2.29. The zero-order valence-corrected chi connectivity index (χ0v) is 10.9. The highest BCUT2D eigenvalue weighted by Crippen LogP contribution is 2.22. The summed E-state index contributed by atoms with van der Waals surface area (Å²) in [7, 11) is 0. The zero-order valence-electron chi connectivity index (χ0n) is 10.9. The Morgan fingerprint density at radius 3 is 1.59 bits per heavy atom. The molecule has 0 aromatic carbocycles. The van der Waals surface area contributed by atoms with Gasteiger partial charge in [0.1, 0.15) is 6.10 Å². The van der Waals surface area contributed by atoms with Crippen LogP contribution in [0.15, 0.2) is 0 Å². The Kier molecular flexibility index (Phi) is 7.09. The second kappa shape index (κ2) is 8.06. The molecule has 102 valence electrons. The smallest absolute Gasteiger partial charge is 0.189 e. The van der Waals surface area contributed by atoms with Gasteiger partial charge in [0.25, 0.3) is 0 Å². The monoisotopic (exact) mass is 244 g/mol. The van der Waals surface area contributed by atoms with Crippen molar-refractivity contribution in [3.05, 3.63) is 0 Å². The molecule has 17 heavy (non-hydrogen) atoms. The summed E-state index contributed by atoms with van der Waals surface area (Å²) in [5.41, 5.74) is 0. The van der Waals surface area contributed by atoms with Crippen LogP contribution in [0.1, 0.15) is 77.0 Å². The van der Waals surface area contributed by atoms with E-state index < -0.39 is 11.9 Å². The van der Waals surface area contributed by atoms with E-state index in [1.54, 1.807) is 0 Å². The van der Waals surface area contributed by atoms with Gasteiger partial charge in [-0.3, -0.25) is 0 Å². The SMILES string of the molecule is OC1CCCCCCCCCCCCC1(O)O. The summed E-state index contributed by atoms with van der Waals surface area (Å²) in [5, 5.41) is 29.3. The highest BCUT2D eigenvalue weighted by molar-refractivity contribution is 4.75. The van der Waals surface area contributed by atoms with E-state index in [0.29, 0.717) is 12.8 Å². The van der Waals surface area contributed by atoms with Gasteiger partial charge < -0.3 is 15.3 Å². The lowest BCUT2D eigenvalue weighted by Gasteiger charge is -2.27. The van der Waals surface area contributed by atoms with E-state index in [9.17, 15) is 15.3 Å². The molecule has 0 aliphatic heterocycles. The van der Waals surface area contributed by atoms with Gasteiger partial charge in [0.15, 0.2) is 5.79 Å². The molecule has 0 radical (unpaired) electrons. The van der Waals surface area contributed by atoms with E-state index in [1.165, 1.54) is 38.5 Å². The number of aliphatic hydroxyl groups excluding tert-OH is 1. The molecule has 1 saturated carbocycles. The average molecular weight is 244 g/mol. The predicted molar refractivity (Wildman–Crippen MR) is 68.6 cm³/mol. The molecular weight excluding hydrogens is 216 g/mol. The molecule has 0 bridgehead atoms. The molecule has 0 aromatic heterocycles. The van der Waals surface area contributed by atoms with Crippen LogP contribution in [-0.2, 0) is 0 Å². The van der Waals surface area contributed by atoms with Gasteiger partial charge in [0.2, 0.25) is 0 Å². The molecule has 1 atom stereocenters. The quantitative estimate of drug-likeness (QED) is 0.574. The highest BCUT2D eigenvalue weighted by Gasteiger charge is 2.31. The lowest BCUT2D eigenvalue weighted by Crippen LogP contribution is -2.42. The van der Waals surface area contributed by atoms with E-state index in [4.69, 9.17) is 0 Å². The lowest BCUT2D eigenvalue weighted by atomic mass is 9.95. The summed E-state index contributed by atoms with van der Waals surface area (Å²) in [4.78, 5) is 0. The Morgan fingerprint density at radius 1 is 0.647 bits per heavy atom. The summed E-state index contributed by atoms with van der Waals surface area (Å²) in [6, 6.07) is 0. The van der Waals surface area contributed by atoms with Crippen molar-refractivity contribution in [3.8, 4) is 0 Å². The van der Waals surface area contributed by atoms with Gasteiger partial charge >= 0.3 is 0 Å². The maximum Gasteiger partial charge on any atom is 0.189 e. The minimum Gasteiger partial charge on any atom is -0.388 e. The van der Waals surface area contributed by atoms with Crippen LogP contribution in [0.2, 0.25) is 0 Å². The van der Waals surface area contributed by atoms with Crippen molar-refractivity contribution in [2.45, 2.75) is 88.9 Å².